The molecule has 2 aromatic carbocycles. The molecule has 0 aromatic heterocycles. The van der Waals surface area contributed by atoms with Crippen LogP contribution >= 0.6 is 0 Å². The van der Waals surface area contributed by atoms with Crippen molar-refractivity contribution in [3.05, 3.63) is 65.2 Å². The third-order valence-electron chi connectivity index (χ3n) is 4.99. The number of halogens is 5. The van der Waals surface area contributed by atoms with Crippen molar-refractivity contribution in [2.45, 2.75) is 50.4 Å². The van der Waals surface area contributed by atoms with E-state index in [9.17, 15) is 26.7 Å². The third kappa shape index (κ3) is 5.46. The second kappa shape index (κ2) is 8.80. The van der Waals surface area contributed by atoms with Gasteiger partial charge in [0.05, 0.1) is 5.56 Å². The lowest BCUT2D eigenvalue weighted by Crippen LogP contribution is -2.41. The van der Waals surface area contributed by atoms with Crippen LogP contribution in [0.1, 0.15) is 49.3 Å². The number of hydrogen-bond donors (Lipinski definition) is 2. The number of anilines is 1. The predicted octanol–water partition coefficient (Wildman–Crippen LogP) is 5.59. The van der Waals surface area contributed by atoms with E-state index in [1.54, 1.807) is 0 Å². The fourth-order valence-electron chi connectivity index (χ4n) is 3.50. The minimum absolute atomic E-state index is 0.00680. The maximum atomic E-state index is 14.4. The second-order valence-corrected chi connectivity index (χ2v) is 7.17. The molecule has 0 bridgehead atoms. The van der Waals surface area contributed by atoms with E-state index < -0.39 is 35.3 Å². The summed E-state index contributed by atoms with van der Waals surface area (Å²) in [4.78, 5) is 12.9. The van der Waals surface area contributed by atoms with Crippen molar-refractivity contribution >= 4 is 11.6 Å². The van der Waals surface area contributed by atoms with Crippen LogP contribution in [-0.2, 0) is 11.0 Å². The van der Waals surface area contributed by atoms with Crippen molar-refractivity contribution < 1.29 is 26.7 Å². The summed E-state index contributed by atoms with van der Waals surface area (Å²) in [5, 5.41) is 5.52. The topological polar surface area (TPSA) is 41.1 Å². The Balaban J connectivity index is 1.89. The molecule has 0 radical (unpaired) electrons. The summed E-state index contributed by atoms with van der Waals surface area (Å²) in [7, 11) is 0. The molecular formula is C21H21F5N2O. The van der Waals surface area contributed by atoms with Crippen LogP contribution < -0.4 is 10.6 Å². The number of rotatable bonds is 5. The summed E-state index contributed by atoms with van der Waals surface area (Å²) in [5.74, 6) is -2.33. The minimum Gasteiger partial charge on any atom is -0.370 e. The molecule has 29 heavy (non-hydrogen) atoms. The van der Waals surface area contributed by atoms with Gasteiger partial charge < -0.3 is 10.6 Å². The number of alkyl halides is 3. The first-order valence-corrected chi connectivity index (χ1v) is 9.43. The average Bonchev–Trinajstić information content (AvgIpc) is 2.67. The zero-order chi connectivity index (χ0) is 21.0. The van der Waals surface area contributed by atoms with E-state index in [-0.39, 0.29) is 17.3 Å². The second-order valence-electron chi connectivity index (χ2n) is 7.17. The van der Waals surface area contributed by atoms with Crippen molar-refractivity contribution in [1.29, 1.82) is 0 Å². The molecule has 1 atom stereocenters. The van der Waals surface area contributed by atoms with Gasteiger partial charge in [-0.25, -0.2) is 8.78 Å². The largest absolute Gasteiger partial charge is 0.416 e. The van der Waals surface area contributed by atoms with E-state index in [0.29, 0.717) is 6.07 Å². The molecule has 3 rings (SSSR count). The lowest BCUT2D eigenvalue weighted by Gasteiger charge is -2.27. The lowest BCUT2D eigenvalue weighted by atomic mass is 9.95. The predicted molar refractivity (Wildman–Crippen MR) is 99.2 cm³/mol. The molecule has 156 valence electrons. The van der Waals surface area contributed by atoms with Gasteiger partial charge in [0.2, 0.25) is 5.91 Å². The molecule has 1 fully saturated rings. The van der Waals surface area contributed by atoms with E-state index in [2.05, 4.69) is 10.6 Å². The van der Waals surface area contributed by atoms with E-state index >= 15 is 0 Å². The summed E-state index contributed by atoms with van der Waals surface area (Å²) in [5.41, 5.74) is -1.03. The monoisotopic (exact) mass is 412 g/mol. The smallest absolute Gasteiger partial charge is 0.370 e. The highest BCUT2D eigenvalue weighted by atomic mass is 19.4. The molecule has 0 heterocycles. The number of benzene rings is 2. The van der Waals surface area contributed by atoms with Gasteiger partial charge in [-0.05, 0) is 37.1 Å². The van der Waals surface area contributed by atoms with Gasteiger partial charge >= 0.3 is 6.18 Å². The Morgan fingerprint density at radius 2 is 1.72 bits per heavy atom. The fourth-order valence-corrected chi connectivity index (χ4v) is 3.50. The Morgan fingerprint density at radius 3 is 2.38 bits per heavy atom. The number of carbonyl (C=O) groups excluding carboxylic acids is 1. The lowest BCUT2D eigenvalue weighted by molar-refractivity contribution is -0.137. The zero-order valence-corrected chi connectivity index (χ0v) is 15.5. The first-order valence-electron chi connectivity index (χ1n) is 9.43. The minimum atomic E-state index is -4.56. The summed E-state index contributed by atoms with van der Waals surface area (Å²) in [6, 6.07) is 5.70. The molecule has 0 saturated heterocycles. The summed E-state index contributed by atoms with van der Waals surface area (Å²) in [6.07, 6.45) is 0.00847. The quantitative estimate of drug-likeness (QED) is 0.629. The van der Waals surface area contributed by atoms with Gasteiger partial charge in [0.1, 0.15) is 17.7 Å². The number of carbonyl (C=O) groups is 1. The highest BCUT2D eigenvalue weighted by Crippen LogP contribution is 2.32. The van der Waals surface area contributed by atoms with Gasteiger partial charge in [-0.1, -0.05) is 31.4 Å². The van der Waals surface area contributed by atoms with Crippen molar-refractivity contribution in [1.82, 2.24) is 5.32 Å². The van der Waals surface area contributed by atoms with E-state index in [1.807, 2.05) is 0 Å². The fraction of sp³-hybridized carbons (Fsp3) is 0.381. The van der Waals surface area contributed by atoms with E-state index in [0.717, 1.165) is 56.4 Å². The Kier molecular flexibility index (Phi) is 6.39. The highest BCUT2D eigenvalue weighted by molar-refractivity contribution is 5.86. The van der Waals surface area contributed by atoms with Gasteiger partial charge in [-0.3, -0.25) is 4.79 Å². The number of nitrogens with one attached hydrogen (secondary N) is 2. The number of amides is 1. The maximum Gasteiger partial charge on any atom is 0.416 e. The molecule has 1 aliphatic rings. The highest BCUT2D eigenvalue weighted by Gasteiger charge is 2.31. The molecule has 1 saturated carbocycles. The van der Waals surface area contributed by atoms with Crippen molar-refractivity contribution in [3.63, 3.8) is 0 Å². The molecule has 1 aliphatic carbocycles. The maximum absolute atomic E-state index is 14.4. The van der Waals surface area contributed by atoms with Crippen LogP contribution in [0.25, 0.3) is 0 Å². The Morgan fingerprint density at radius 1 is 1.00 bits per heavy atom. The molecule has 0 aliphatic heterocycles. The van der Waals surface area contributed by atoms with Gasteiger partial charge in [0, 0.05) is 23.4 Å². The van der Waals surface area contributed by atoms with Crippen LogP contribution in [-0.4, -0.2) is 11.9 Å². The Labute approximate surface area is 165 Å². The molecule has 1 amide bonds. The van der Waals surface area contributed by atoms with Gasteiger partial charge in [-0.15, -0.1) is 0 Å². The third-order valence-corrected chi connectivity index (χ3v) is 4.99. The van der Waals surface area contributed by atoms with Gasteiger partial charge in [-0.2, -0.15) is 13.2 Å². The standard InChI is InChI=1S/C21H21F5N2O/c22-14-9-10-17(18(23)12-14)19(20(29)28-15-6-2-1-3-7-15)27-16-8-4-5-13(11-16)21(24,25)26/h4-5,8-12,15,19,27H,1-3,6-7H2,(H,28,29). The first kappa shape index (κ1) is 21.1. The molecule has 3 nitrogen and oxygen atoms in total. The van der Waals surface area contributed by atoms with Crippen LogP contribution in [0.3, 0.4) is 0 Å². The van der Waals surface area contributed by atoms with Crippen LogP contribution in [0.4, 0.5) is 27.6 Å². The summed E-state index contributed by atoms with van der Waals surface area (Å²) >= 11 is 0. The summed E-state index contributed by atoms with van der Waals surface area (Å²) in [6.45, 7) is 0. The Bertz CT molecular complexity index is 862. The molecular weight excluding hydrogens is 391 g/mol. The van der Waals surface area contributed by atoms with Crippen molar-refractivity contribution in [2.24, 2.45) is 0 Å². The van der Waals surface area contributed by atoms with Gasteiger partial charge in [0.25, 0.3) is 0 Å². The zero-order valence-electron chi connectivity index (χ0n) is 15.5. The van der Waals surface area contributed by atoms with Crippen LogP contribution in [0, 0.1) is 11.6 Å². The van der Waals surface area contributed by atoms with Crippen LogP contribution in [0.2, 0.25) is 0 Å². The van der Waals surface area contributed by atoms with E-state index in [1.165, 1.54) is 12.1 Å². The molecule has 2 N–H and O–H groups in total. The van der Waals surface area contributed by atoms with Crippen LogP contribution in [0.15, 0.2) is 42.5 Å². The van der Waals surface area contributed by atoms with Crippen LogP contribution in [0.5, 0.6) is 0 Å². The van der Waals surface area contributed by atoms with E-state index in [4.69, 9.17) is 0 Å². The van der Waals surface area contributed by atoms with Gasteiger partial charge in [0.15, 0.2) is 0 Å². The molecule has 1 unspecified atom stereocenters. The molecule has 0 spiro atoms. The SMILES string of the molecule is O=C(NC1CCCCC1)C(Nc1cccc(C(F)(F)F)c1)c1ccc(F)cc1F. The molecule has 2 aromatic rings. The van der Waals surface area contributed by atoms with Crippen molar-refractivity contribution in [2.75, 3.05) is 5.32 Å². The van der Waals surface area contributed by atoms with Crippen molar-refractivity contribution in [3.8, 4) is 0 Å². The normalized spacial score (nSPS) is 16.3. The Hall–Kier alpha value is -2.64. The molecule has 8 heteroatoms. The average molecular weight is 412 g/mol. The summed E-state index contributed by atoms with van der Waals surface area (Å²) < 4.78 is 66.7. The number of hydrogen-bond acceptors (Lipinski definition) is 2. The first-order chi connectivity index (χ1) is 13.7.